The molecule has 0 spiro atoms. The summed E-state index contributed by atoms with van der Waals surface area (Å²) >= 11 is 0. The number of nitrogens with one attached hydrogen (secondary N) is 2. The Morgan fingerprint density at radius 3 is 2.78 bits per heavy atom. The lowest BCUT2D eigenvalue weighted by Gasteiger charge is -2.22. The third-order valence-electron chi connectivity index (χ3n) is 3.04. The van der Waals surface area contributed by atoms with E-state index in [-0.39, 0.29) is 6.10 Å². The number of amides is 2. The van der Waals surface area contributed by atoms with Gasteiger partial charge in [0.1, 0.15) is 6.04 Å². The molecule has 2 atom stereocenters. The Bertz CT molecular complexity index is 277. The zero-order valence-electron chi connectivity index (χ0n) is 10.8. The van der Waals surface area contributed by atoms with E-state index >= 15 is 0 Å². The van der Waals surface area contributed by atoms with Gasteiger partial charge in [0, 0.05) is 13.2 Å². The van der Waals surface area contributed by atoms with Gasteiger partial charge in [0.05, 0.1) is 6.10 Å². The van der Waals surface area contributed by atoms with E-state index in [9.17, 15) is 9.59 Å². The molecule has 0 aromatic heterocycles. The van der Waals surface area contributed by atoms with E-state index in [0.717, 1.165) is 25.9 Å². The number of carboxylic acid groups (broad SMARTS) is 1. The molecule has 3 N–H and O–H groups in total. The van der Waals surface area contributed by atoms with Crippen molar-refractivity contribution in [1.82, 2.24) is 10.6 Å². The van der Waals surface area contributed by atoms with Gasteiger partial charge in [0.2, 0.25) is 0 Å². The van der Waals surface area contributed by atoms with Crippen LogP contribution in [-0.4, -0.2) is 42.4 Å². The van der Waals surface area contributed by atoms with Crippen molar-refractivity contribution in [2.45, 2.75) is 51.2 Å². The van der Waals surface area contributed by atoms with Crippen LogP contribution in [0.4, 0.5) is 4.79 Å². The van der Waals surface area contributed by atoms with Crippen LogP contribution in [0.25, 0.3) is 0 Å². The quantitative estimate of drug-likeness (QED) is 0.666. The predicted octanol–water partition coefficient (Wildman–Crippen LogP) is 1.11. The minimum absolute atomic E-state index is 0.223. The number of carbonyl (C=O) groups is 2. The van der Waals surface area contributed by atoms with Crippen molar-refractivity contribution in [2.75, 3.05) is 13.2 Å². The number of carbonyl (C=O) groups excluding carboxylic acids is 1. The molecule has 1 rings (SSSR count). The van der Waals surface area contributed by atoms with E-state index in [4.69, 9.17) is 9.84 Å². The second-order valence-corrected chi connectivity index (χ2v) is 4.48. The summed E-state index contributed by atoms with van der Waals surface area (Å²) in [6.07, 6.45) is 4.69. The average molecular weight is 258 g/mol. The van der Waals surface area contributed by atoms with Gasteiger partial charge in [-0.25, -0.2) is 9.59 Å². The number of hydrogen-bond donors (Lipinski definition) is 3. The Kier molecular flexibility index (Phi) is 6.49. The van der Waals surface area contributed by atoms with Crippen molar-refractivity contribution in [3.05, 3.63) is 0 Å². The molecule has 1 heterocycles. The minimum atomic E-state index is -1.01. The highest BCUT2D eigenvalue weighted by molar-refractivity contribution is 5.82. The van der Waals surface area contributed by atoms with Gasteiger partial charge in [-0.3, -0.25) is 0 Å². The molecule has 0 aliphatic carbocycles. The first-order chi connectivity index (χ1) is 8.63. The van der Waals surface area contributed by atoms with Crippen LogP contribution in [0, 0.1) is 0 Å². The fourth-order valence-electron chi connectivity index (χ4n) is 1.93. The molecule has 0 radical (unpaired) electrons. The van der Waals surface area contributed by atoms with Crippen LogP contribution < -0.4 is 10.6 Å². The molecule has 0 saturated carbocycles. The maximum absolute atomic E-state index is 11.4. The molecule has 1 aliphatic rings. The Hall–Kier alpha value is -1.30. The van der Waals surface area contributed by atoms with Crippen LogP contribution in [0.5, 0.6) is 0 Å². The fraction of sp³-hybridized carbons (Fsp3) is 0.833. The van der Waals surface area contributed by atoms with E-state index in [0.29, 0.717) is 13.0 Å². The maximum Gasteiger partial charge on any atom is 0.326 e. The van der Waals surface area contributed by atoms with E-state index in [1.165, 1.54) is 6.42 Å². The molecule has 6 nitrogen and oxygen atoms in total. The molecule has 1 aliphatic heterocycles. The molecule has 6 heteroatoms. The number of ether oxygens (including phenoxy) is 1. The van der Waals surface area contributed by atoms with Gasteiger partial charge in [-0.1, -0.05) is 6.92 Å². The lowest BCUT2D eigenvalue weighted by atomic mass is 10.1. The highest BCUT2D eigenvalue weighted by Gasteiger charge is 2.18. The van der Waals surface area contributed by atoms with Gasteiger partial charge in [0.25, 0.3) is 0 Å². The van der Waals surface area contributed by atoms with Crippen LogP contribution in [0.15, 0.2) is 0 Å². The molecule has 0 aromatic carbocycles. The predicted molar refractivity (Wildman–Crippen MR) is 66.5 cm³/mol. The van der Waals surface area contributed by atoms with Crippen LogP contribution >= 0.6 is 0 Å². The van der Waals surface area contributed by atoms with Crippen molar-refractivity contribution in [2.24, 2.45) is 0 Å². The zero-order valence-corrected chi connectivity index (χ0v) is 10.8. The smallest absolute Gasteiger partial charge is 0.326 e. The summed E-state index contributed by atoms with van der Waals surface area (Å²) in [5, 5.41) is 13.9. The maximum atomic E-state index is 11.4. The molecular weight excluding hydrogens is 236 g/mol. The molecule has 104 valence electrons. The van der Waals surface area contributed by atoms with Crippen LogP contribution in [0.1, 0.15) is 39.0 Å². The second-order valence-electron chi connectivity index (χ2n) is 4.48. The molecule has 0 aromatic rings. The molecule has 18 heavy (non-hydrogen) atoms. The van der Waals surface area contributed by atoms with Crippen molar-refractivity contribution in [3.63, 3.8) is 0 Å². The molecule has 2 amide bonds. The van der Waals surface area contributed by atoms with Gasteiger partial charge < -0.3 is 20.5 Å². The number of carboxylic acids is 1. The van der Waals surface area contributed by atoms with Crippen molar-refractivity contribution in [3.8, 4) is 0 Å². The van der Waals surface area contributed by atoms with Gasteiger partial charge in [0.15, 0.2) is 0 Å². The Labute approximate surface area is 107 Å². The fourth-order valence-corrected chi connectivity index (χ4v) is 1.93. The summed E-state index contributed by atoms with van der Waals surface area (Å²) in [7, 11) is 0. The lowest BCUT2D eigenvalue weighted by molar-refractivity contribution is -0.139. The monoisotopic (exact) mass is 258 g/mol. The largest absolute Gasteiger partial charge is 0.480 e. The molecule has 0 bridgehead atoms. The average Bonchev–Trinajstić information content (AvgIpc) is 2.37. The summed E-state index contributed by atoms with van der Waals surface area (Å²) in [6, 6.07) is -1.25. The lowest BCUT2D eigenvalue weighted by Crippen LogP contribution is -2.46. The molecule has 1 fully saturated rings. The first-order valence-corrected chi connectivity index (χ1v) is 6.52. The Balaban J connectivity index is 2.14. The van der Waals surface area contributed by atoms with Gasteiger partial charge in [-0.15, -0.1) is 0 Å². The normalized spacial score (nSPS) is 21.1. The standard InChI is InChI=1S/C12H22N2O4/c1-2-10(11(15)16)14-12(17)13-7-6-9-5-3-4-8-18-9/h9-10H,2-8H2,1H3,(H,15,16)(H2,13,14,17)/t9?,10-/m1/s1. The van der Waals surface area contributed by atoms with E-state index < -0.39 is 18.0 Å². The summed E-state index contributed by atoms with van der Waals surface area (Å²) in [5.74, 6) is -1.01. The SMILES string of the molecule is CC[C@@H](NC(=O)NCCC1CCCCO1)C(=O)O. The molecular formula is C12H22N2O4. The highest BCUT2D eigenvalue weighted by Crippen LogP contribution is 2.14. The first-order valence-electron chi connectivity index (χ1n) is 6.52. The number of urea groups is 1. The van der Waals surface area contributed by atoms with Gasteiger partial charge in [-0.05, 0) is 32.1 Å². The second kappa shape index (κ2) is 7.92. The third kappa shape index (κ3) is 5.35. The van der Waals surface area contributed by atoms with Gasteiger partial charge >= 0.3 is 12.0 Å². The summed E-state index contributed by atoms with van der Waals surface area (Å²) in [6.45, 7) is 3.02. The number of rotatable bonds is 6. The highest BCUT2D eigenvalue weighted by atomic mass is 16.5. The number of aliphatic carboxylic acids is 1. The molecule has 1 unspecified atom stereocenters. The van der Waals surface area contributed by atoms with Crippen LogP contribution in [0.3, 0.4) is 0 Å². The number of hydrogen-bond acceptors (Lipinski definition) is 3. The van der Waals surface area contributed by atoms with Crippen LogP contribution in [0.2, 0.25) is 0 Å². The first kappa shape index (κ1) is 14.8. The summed E-state index contributed by atoms with van der Waals surface area (Å²) < 4.78 is 5.53. The van der Waals surface area contributed by atoms with E-state index in [2.05, 4.69) is 10.6 Å². The molecule has 1 saturated heterocycles. The summed E-state index contributed by atoms with van der Waals surface area (Å²) in [4.78, 5) is 22.2. The topological polar surface area (TPSA) is 87.7 Å². The summed E-state index contributed by atoms with van der Waals surface area (Å²) in [5.41, 5.74) is 0. The Morgan fingerprint density at radius 1 is 1.44 bits per heavy atom. The van der Waals surface area contributed by atoms with E-state index in [1.807, 2.05) is 0 Å². The van der Waals surface area contributed by atoms with E-state index in [1.54, 1.807) is 6.92 Å². The van der Waals surface area contributed by atoms with Gasteiger partial charge in [-0.2, -0.15) is 0 Å². The van der Waals surface area contributed by atoms with Crippen molar-refractivity contribution < 1.29 is 19.4 Å². The van der Waals surface area contributed by atoms with Crippen LogP contribution in [-0.2, 0) is 9.53 Å². The third-order valence-corrected chi connectivity index (χ3v) is 3.04. The Morgan fingerprint density at radius 2 is 2.22 bits per heavy atom. The zero-order chi connectivity index (χ0) is 13.4. The minimum Gasteiger partial charge on any atom is -0.480 e. The van der Waals surface area contributed by atoms with Crippen molar-refractivity contribution in [1.29, 1.82) is 0 Å². The van der Waals surface area contributed by atoms with Crippen molar-refractivity contribution >= 4 is 12.0 Å².